The van der Waals surface area contributed by atoms with E-state index in [2.05, 4.69) is 31.2 Å². The maximum atomic E-state index is 12.6. The minimum atomic E-state index is -0.0311. The van der Waals surface area contributed by atoms with Gasteiger partial charge in [-0.05, 0) is 25.7 Å². The molecule has 27 heavy (non-hydrogen) atoms. The van der Waals surface area contributed by atoms with Gasteiger partial charge in [0.25, 0.3) is 5.91 Å². The van der Waals surface area contributed by atoms with E-state index in [9.17, 15) is 4.79 Å². The molecule has 2 fully saturated rings. The van der Waals surface area contributed by atoms with E-state index in [1.54, 1.807) is 24.3 Å². The first-order valence-corrected chi connectivity index (χ1v) is 9.46. The fourth-order valence-corrected chi connectivity index (χ4v) is 3.70. The van der Waals surface area contributed by atoms with Crippen LogP contribution in [0.4, 0.5) is 11.6 Å². The Kier molecular flexibility index (Phi) is 4.67. The number of carbonyl (C=O) groups excluding carboxylic acids is 1. The fourth-order valence-electron chi connectivity index (χ4n) is 3.70. The highest BCUT2D eigenvalue weighted by atomic mass is 16.2. The van der Waals surface area contributed by atoms with Crippen molar-refractivity contribution in [2.75, 3.05) is 37.0 Å². The molecule has 0 radical (unpaired) electrons. The zero-order valence-corrected chi connectivity index (χ0v) is 16.1. The molecule has 0 aromatic carbocycles. The zero-order valence-electron chi connectivity index (χ0n) is 16.1. The van der Waals surface area contributed by atoms with Crippen molar-refractivity contribution in [3.05, 3.63) is 24.3 Å². The number of likely N-dealkylation sites (tertiary alicyclic amines) is 1. The summed E-state index contributed by atoms with van der Waals surface area (Å²) in [6, 6.07) is 3.02. The molecule has 2 aromatic heterocycles. The summed E-state index contributed by atoms with van der Waals surface area (Å²) in [7, 11) is 5.75. The lowest BCUT2D eigenvalue weighted by atomic mass is 10.0. The Morgan fingerprint density at radius 2 is 1.74 bits per heavy atom. The smallest absolute Gasteiger partial charge is 0.276 e. The number of piperidine rings is 1. The molecule has 2 aliphatic rings. The average Bonchev–Trinajstić information content (AvgIpc) is 3.41. The summed E-state index contributed by atoms with van der Waals surface area (Å²) in [6.45, 7) is 1.46. The first-order valence-electron chi connectivity index (χ1n) is 9.46. The quantitative estimate of drug-likeness (QED) is 0.775. The molecule has 1 amide bonds. The number of rotatable bonds is 5. The van der Waals surface area contributed by atoms with Gasteiger partial charge in [0.05, 0.1) is 6.20 Å². The standard InChI is InChI=1S/C18H26N8O/c1-23(2)16-10-17(20-12-19-16)26(13-4-5-13)14-6-8-25(9-7-14)18(27)15-11-24(3)22-21-15/h10-14H,4-9H2,1-3H3. The number of hydrogen-bond donors (Lipinski definition) is 0. The normalized spacial score (nSPS) is 17.8. The van der Waals surface area contributed by atoms with Gasteiger partial charge in [-0.3, -0.25) is 9.48 Å². The third-order valence-electron chi connectivity index (χ3n) is 5.27. The van der Waals surface area contributed by atoms with Crippen LogP contribution in [-0.2, 0) is 7.05 Å². The van der Waals surface area contributed by atoms with Crippen LogP contribution in [0.1, 0.15) is 36.2 Å². The highest BCUT2D eigenvalue weighted by Crippen LogP contribution is 2.36. The molecule has 2 aromatic rings. The van der Waals surface area contributed by atoms with Crippen molar-refractivity contribution < 1.29 is 4.79 Å². The number of hydrogen-bond acceptors (Lipinski definition) is 7. The van der Waals surface area contributed by atoms with Crippen LogP contribution in [-0.4, -0.2) is 75.0 Å². The first kappa shape index (κ1) is 17.7. The van der Waals surface area contributed by atoms with Crippen molar-refractivity contribution in [1.29, 1.82) is 0 Å². The topological polar surface area (TPSA) is 83.3 Å². The predicted molar refractivity (Wildman–Crippen MR) is 102 cm³/mol. The van der Waals surface area contributed by atoms with Crippen LogP contribution in [0.25, 0.3) is 0 Å². The van der Waals surface area contributed by atoms with Crippen LogP contribution in [0, 0.1) is 0 Å². The Morgan fingerprint density at radius 1 is 1.07 bits per heavy atom. The van der Waals surface area contributed by atoms with Crippen LogP contribution in [0.3, 0.4) is 0 Å². The molecule has 1 saturated carbocycles. The molecule has 0 spiro atoms. The molecule has 1 aliphatic heterocycles. The number of aryl methyl sites for hydroxylation is 1. The summed E-state index contributed by atoms with van der Waals surface area (Å²) < 4.78 is 1.56. The van der Waals surface area contributed by atoms with Gasteiger partial charge in [0, 0.05) is 52.4 Å². The van der Waals surface area contributed by atoms with Crippen LogP contribution in [0.5, 0.6) is 0 Å². The van der Waals surface area contributed by atoms with E-state index in [1.165, 1.54) is 12.8 Å². The molecule has 0 atom stereocenters. The average molecular weight is 370 g/mol. The number of nitrogens with zero attached hydrogens (tertiary/aromatic N) is 8. The Morgan fingerprint density at radius 3 is 2.33 bits per heavy atom. The molecular weight excluding hydrogens is 344 g/mol. The second-order valence-electron chi connectivity index (χ2n) is 7.57. The van der Waals surface area contributed by atoms with E-state index in [-0.39, 0.29) is 5.91 Å². The van der Waals surface area contributed by atoms with Crippen LogP contribution in [0.2, 0.25) is 0 Å². The number of aromatic nitrogens is 5. The predicted octanol–water partition coefficient (Wildman–Crippen LogP) is 0.945. The molecular formula is C18H26N8O. The molecule has 144 valence electrons. The van der Waals surface area contributed by atoms with Crippen molar-refractivity contribution >= 4 is 17.5 Å². The van der Waals surface area contributed by atoms with Crippen LogP contribution < -0.4 is 9.80 Å². The number of anilines is 2. The molecule has 1 aliphatic carbocycles. The summed E-state index contributed by atoms with van der Waals surface area (Å²) >= 11 is 0. The Bertz CT molecular complexity index is 807. The second-order valence-corrected chi connectivity index (χ2v) is 7.57. The minimum absolute atomic E-state index is 0.0311. The molecule has 0 N–H and O–H groups in total. The summed E-state index contributed by atoms with van der Waals surface area (Å²) in [5.41, 5.74) is 0.418. The first-order chi connectivity index (χ1) is 13.0. The fraction of sp³-hybridized carbons (Fsp3) is 0.611. The molecule has 1 saturated heterocycles. The Hall–Kier alpha value is -2.71. The Labute approximate surface area is 159 Å². The highest BCUT2D eigenvalue weighted by Gasteiger charge is 2.37. The molecule has 0 bridgehead atoms. The van der Waals surface area contributed by atoms with Gasteiger partial charge in [0.1, 0.15) is 18.0 Å². The van der Waals surface area contributed by atoms with Crippen molar-refractivity contribution in [1.82, 2.24) is 29.9 Å². The van der Waals surface area contributed by atoms with Gasteiger partial charge >= 0.3 is 0 Å². The van der Waals surface area contributed by atoms with Gasteiger partial charge in [-0.2, -0.15) is 0 Å². The number of carbonyl (C=O) groups is 1. The number of amides is 1. The van der Waals surface area contributed by atoms with Crippen LogP contribution in [0.15, 0.2) is 18.6 Å². The van der Waals surface area contributed by atoms with E-state index in [0.29, 0.717) is 17.8 Å². The van der Waals surface area contributed by atoms with Gasteiger partial charge in [-0.25, -0.2) is 9.97 Å². The summed E-state index contributed by atoms with van der Waals surface area (Å²) in [5.74, 6) is 1.88. The summed E-state index contributed by atoms with van der Waals surface area (Å²) in [6.07, 6.45) is 7.61. The van der Waals surface area contributed by atoms with Gasteiger partial charge in [-0.15, -0.1) is 5.10 Å². The van der Waals surface area contributed by atoms with E-state index in [1.807, 2.05) is 23.9 Å². The van der Waals surface area contributed by atoms with Crippen molar-refractivity contribution in [3.63, 3.8) is 0 Å². The van der Waals surface area contributed by atoms with Crippen molar-refractivity contribution in [3.8, 4) is 0 Å². The molecule has 3 heterocycles. The lowest BCUT2D eigenvalue weighted by molar-refractivity contribution is 0.0705. The lowest BCUT2D eigenvalue weighted by Crippen LogP contribution is -2.48. The largest absolute Gasteiger partial charge is 0.363 e. The highest BCUT2D eigenvalue weighted by molar-refractivity contribution is 5.92. The van der Waals surface area contributed by atoms with Crippen molar-refractivity contribution in [2.24, 2.45) is 7.05 Å². The SMILES string of the molecule is CN(C)c1cc(N(C2CC2)C2CCN(C(=O)c3cn(C)nn3)CC2)ncn1. The van der Waals surface area contributed by atoms with E-state index >= 15 is 0 Å². The molecule has 0 unspecified atom stereocenters. The Balaban J connectivity index is 1.45. The molecule has 4 rings (SSSR count). The van der Waals surface area contributed by atoms with E-state index < -0.39 is 0 Å². The summed E-state index contributed by atoms with van der Waals surface area (Å²) in [4.78, 5) is 27.8. The monoisotopic (exact) mass is 370 g/mol. The second kappa shape index (κ2) is 7.13. The third-order valence-corrected chi connectivity index (χ3v) is 5.27. The zero-order chi connectivity index (χ0) is 19.0. The van der Waals surface area contributed by atoms with Gasteiger partial charge < -0.3 is 14.7 Å². The van der Waals surface area contributed by atoms with Crippen LogP contribution >= 0.6 is 0 Å². The molecule has 9 nitrogen and oxygen atoms in total. The minimum Gasteiger partial charge on any atom is -0.363 e. The third kappa shape index (κ3) is 3.72. The van der Waals surface area contributed by atoms with Gasteiger partial charge in [0.15, 0.2) is 5.69 Å². The molecule has 9 heteroatoms. The summed E-state index contributed by atoms with van der Waals surface area (Å²) in [5, 5.41) is 7.81. The van der Waals surface area contributed by atoms with E-state index in [4.69, 9.17) is 0 Å². The van der Waals surface area contributed by atoms with Gasteiger partial charge in [-0.1, -0.05) is 5.21 Å². The maximum Gasteiger partial charge on any atom is 0.276 e. The lowest BCUT2D eigenvalue weighted by Gasteiger charge is -2.39. The van der Waals surface area contributed by atoms with Crippen molar-refractivity contribution in [2.45, 2.75) is 37.8 Å². The maximum absolute atomic E-state index is 12.6. The van der Waals surface area contributed by atoms with Gasteiger partial charge in [0.2, 0.25) is 0 Å². The van der Waals surface area contributed by atoms with E-state index in [0.717, 1.165) is 37.6 Å².